The maximum absolute atomic E-state index is 13.7. The normalized spacial score (nSPS) is 14.4. The molecule has 1 fully saturated rings. The molecule has 0 saturated carbocycles. The summed E-state index contributed by atoms with van der Waals surface area (Å²) in [7, 11) is 0. The summed E-state index contributed by atoms with van der Waals surface area (Å²) in [6.45, 7) is 5.60. The molecule has 182 valence electrons. The minimum absolute atomic E-state index is 0.0744. The average molecular weight is 483 g/mol. The number of nitrogens with zero attached hydrogens (tertiary/aromatic N) is 1. The van der Waals surface area contributed by atoms with Crippen LogP contribution in [0.1, 0.15) is 22.3 Å². The van der Waals surface area contributed by atoms with Gasteiger partial charge in [-0.2, -0.15) is 13.2 Å². The van der Waals surface area contributed by atoms with Gasteiger partial charge in [-0.15, -0.1) is 0 Å². The van der Waals surface area contributed by atoms with Gasteiger partial charge in [0, 0.05) is 19.6 Å². The molecule has 3 aromatic carbocycles. The summed E-state index contributed by atoms with van der Waals surface area (Å²) in [6, 6.07) is 20.2. The van der Waals surface area contributed by atoms with Crippen LogP contribution in [-0.4, -0.2) is 29.1 Å². The van der Waals surface area contributed by atoms with Gasteiger partial charge < -0.3 is 5.11 Å². The molecule has 1 saturated heterocycles. The minimum atomic E-state index is -4.50. The SMILES string of the molecule is C=C(NOCc1ccc(-c2ccccc2)c(C(F)(F)F)c1)c1ccc(CN2CC(C(=O)O)C2)cc1. The summed E-state index contributed by atoms with van der Waals surface area (Å²) >= 11 is 0. The van der Waals surface area contributed by atoms with Crippen LogP contribution < -0.4 is 5.48 Å². The number of carboxylic acid groups (broad SMARTS) is 1. The Morgan fingerprint density at radius 3 is 2.31 bits per heavy atom. The van der Waals surface area contributed by atoms with Gasteiger partial charge in [-0.05, 0) is 33.9 Å². The molecule has 0 aliphatic carbocycles. The number of aliphatic carboxylic acids is 1. The van der Waals surface area contributed by atoms with Crippen LogP contribution in [0, 0.1) is 5.92 Å². The number of likely N-dealkylation sites (tertiary alicyclic amines) is 1. The van der Waals surface area contributed by atoms with Crippen LogP contribution in [0.3, 0.4) is 0 Å². The summed E-state index contributed by atoms with van der Waals surface area (Å²) in [5.41, 5.74) is 5.28. The average Bonchev–Trinajstić information content (AvgIpc) is 2.81. The molecule has 0 unspecified atom stereocenters. The van der Waals surface area contributed by atoms with Crippen molar-refractivity contribution in [2.24, 2.45) is 5.92 Å². The number of hydrogen-bond donors (Lipinski definition) is 2. The van der Waals surface area contributed by atoms with Crippen molar-refractivity contribution in [1.29, 1.82) is 0 Å². The molecule has 4 rings (SSSR count). The zero-order valence-corrected chi connectivity index (χ0v) is 18.9. The van der Waals surface area contributed by atoms with E-state index in [2.05, 4.69) is 17.0 Å². The van der Waals surface area contributed by atoms with Crippen molar-refractivity contribution in [3.8, 4) is 11.1 Å². The molecule has 0 atom stereocenters. The van der Waals surface area contributed by atoms with Crippen LogP contribution in [0.5, 0.6) is 0 Å². The monoisotopic (exact) mass is 482 g/mol. The van der Waals surface area contributed by atoms with Crippen molar-refractivity contribution >= 4 is 11.7 Å². The number of hydrogen-bond acceptors (Lipinski definition) is 4. The van der Waals surface area contributed by atoms with Gasteiger partial charge in [0.2, 0.25) is 0 Å². The lowest BCUT2D eigenvalue weighted by molar-refractivity contribution is -0.147. The highest BCUT2D eigenvalue weighted by molar-refractivity contribution is 5.71. The van der Waals surface area contributed by atoms with Gasteiger partial charge in [-0.3, -0.25) is 20.0 Å². The Kier molecular flexibility index (Phi) is 7.23. The van der Waals surface area contributed by atoms with Crippen LogP contribution in [0.4, 0.5) is 13.2 Å². The van der Waals surface area contributed by atoms with E-state index in [0.717, 1.165) is 17.2 Å². The number of nitrogens with one attached hydrogen (secondary N) is 1. The molecule has 3 aromatic rings. The van der Waals surface area contributed by atoms with Gasteiger partial charge in [0.1, 0.15) is 0 Å². The molecule has 0 bridgehead atoms. The molecule has 0 amide bonds. The van der Waals surface area contributed by atoms with Gasteiger partial charge in [-0.25, -0.2) is 0 Å². The molecule has 8 heteroatoms. The number of carbonyl (C=O) groups is 1. The lowest BCUT2D eigenvalue weighted by Gasteiger charge is -2.36. The Hall–Kier alpha value is -3.62. The van der Waals surface area contributed by atoms with Gasteiger partial charge in [0.05, 0.1) is 23.8 Å². The second-order valence-electron chi connectivity index (χ2n) is 8.54. The Bertz CT molecular complexity index is 1190. The van der Waals surface area contributed by atoms with E-state index in [1.165, 1.54) is 6.07 Å². The standard InChI is InChI=1S/C27H25F3N2O3/c1-18(21-10-7-19(8-11-21)14-32-15-23(16-32)26(33)34)31-35-17-20-9-12-24(22-5-3-2-4-6-22)25(13-20)27(28,29)30/h2-13,23,31H,1,14-17H2,(H,33,34). The molecule has 0 spiro atoms. The predicted octanol–water partition coefficient (Wildman–Crippen LogP) is 5.58. The third-order valence-electron chi connectivity index (χ3n) is 5.92. The van der Waals surface area contributed by atoms with E-state index in [0.29, 0.717) is 36.5 Å². The van der Waals surface area contributed by atoms with Crippen LogP contribution in [0.25, 0.3) is 16.8 Å². The highest BCUT2D eigenvalue weighted by Crippen LogP contribution is 2.37. The number of carboxylic acids is 1. The fraction of sp³-hybridized carbons (Fsp3) is 0.222. The Labute approximate surface area is 201 Å². The first-order valence-electron chi connectivity index (χ1n) is 11.1. The van der Waals surface area contributed by atoms with Crippen molar-refractivity contribution in [1.82, 2.24) is 10.4 Å². The summed E-state index contributed by atoms with van der Waals surface area (Å²) in [6.07, 6.45) is -4.50. The summed E-state index contributed by atoms with van der Waals surface area (Å²) in [5, 5.41) is 8.96. The molecule has 35 heavy (non-hydrogen) atoms. The maximum atomic E-state index is 13.7. The fourth-order valence-electron chi connectivity index (χ4n) is 3.98. The minimum Gasteiger partial charge on any atom is -0.481 e. The molecule has 1 aliphatic rings. The Morgan fingerprint density at radius 2 is 1.69 bits per heavy atom. The smallest absolute Gasteiger partial charge is 0.417 e. The van der Waals surface area contributed by atoms with E-state index in [9.17, 15) is 18.0 Å². The molecule has 5 nitrogen and oxygen atoms in total. The third kappa shape index (κ3) is 6.09. The highest BCUT2D eigenvalue weighted by Gasteiger charge is 2.34. The number of hydroxylamine groups is 1. The van der Waals surface area contributed by atoms with Crippen molar-refractivity contribution in [2.45, 2.75) is 19.3 Å². The van der Waals surface area contributed by atoms with Gasteiger partial charge >= 0.3 is 12.1 Å². The highest BCUT2D eigenvalue weighted by atomic mass is 19.4. The fourth-order valence-corrected chi connectivity index (χ4v) is 3.98. The quantitative estimate of drug-likeness (QED) is 0.390. The molecule has 2 N–H and O–H groups in total. The van der Waals surface area contributed by atoms with Crippen molar-refractivity contribution < 1.29 is 27.9 Å². The number of halogens is 3. The van der Waals surface area contributed by atoms with Gasteiger partial charge in [0.15, 0.2) is 0 Å². The van der Waals surface area contributed by atoms with Crippen LogP contribution in [0.2, 0.25) is 0 Å². The number of rotatable bonds is 9. The molecule has 1 heterocycles. The van der Waals surface area contributed by atoms with Crippen LogP contribution >= 0.6 is 0 Å². The second kappa shape index (κ2) is 10.3. The Balaban J connectivity index is 1.32. The van der Waals surface area contributed by atoms with E-state index < -0.39 is 17.7 Å². The summed E-state index contributed by atoms with van der Waals surface area (Å²) in [5.74, 6) is -1.06. The van der Waals surface area contributed by atoms with E-state index in [4.69, 9.17) is 9.94 Å². The zero-order valence-electron chi connectivity index (χ0n) is 18.9. The first-order chi connectivity index (χ1) is 16.7. The number of alkyl halides is 3. The van der Waals surface area contributed by atoms with Crippen molar-refractivity contribution in [3.05, 3.63) is 102 Å². The number of benzene rings is 3. The molecule has 0 radical (unpaired) electrons. The largest absolute Gasteiger partial charge is 0.481 e. The first kappa shape index (κ1) is 24.5. The third-order valence-corrected chi connectivity index (χ3v) is 5.92. The van der Waals surface area contributed by atoms with E-state index >= 15 is 0 Å². The molecule has 0 aromatic heterocycles. The summed E-state index contributed by atoms with van der Waals surface area (Å²) in [4.78, 5) is 18.4. The topological polar surface area (TPSA) is 61.8 Å². The molecular formula is C27H25F3N2O3. The van der Waals surface area contributed by atoms with Crippen LogP contribution in [-0.2, 0) is 29.0 Å². The van der Waals surface area contributed by atoms with E-state index in [-0.39, 0.29) is 18.1 Å². The lowest BCUT2D eigenvalue weighted by atomic mass is 9.97. The van der Waals surface area contributed by atoms with Crippen LogP contribution in [0.15, 0.2) is 79.4 Å². The summed E-state index contributed by atoms with van der Waals surface area (Å²) < 4.78 is 41.0. The van der Waals surface area contributed by atoms with Crippen molar-refractivity contribution in [3.63, 3.8) is 0 Å². The van der Waals surface area contributed by atoms with E-state index in [1.807, 2.05) is 24.3 Å². The van der Waals surface area contributed by atoms with Gasteiger partial charge in [0.25, 0.3) is 0 Å². The second-order valence-corrected chi connectivity index (χ2v) is 8.54. The maximum Gasteiger partial charge on any atom is 0.417 e. The Morgan fingerprint density at radius 1 is 1.03 bits per heavy atom. The van der Waals surface area contributed by atoms with Gasteiger partial charge in [-0.1, -0.05) is 73.3 Å². The lowest BCUT2D eigenvalue weighted by Crippen LogP contribution is -2.49. The molecule has 1 aliphatic heterocycles. The van der Waals surface area contributed by atoms with Crippen molar-refractivity contribution in [2.75, 3.05) is 13.1 Å². The first-order valence-corrected chi connectivity index (χ1v) is 11.1. The predicted molar refractivity (Wildman–Crippen MR) is 127 cm³/mol. The zero-order chi connectivity index (χ0) is 25.0. The molecular weight excluding hydrogens is 457 g/mol. The van der Waals surface area contributed by atoms with E-state index in [1.54, 1.807) is 36.4 Å².